The van der Waals surface area contributed by atoms with Crippen molar-refractivity contribution in [1.82, 2.24) is 15.0 Å². The van der Waals surface area contributed by atoms with Gasteiger partial charge in [-0.25, -0.2) is 28.1 Å². The largest absolute Gasteiger partial charge is 0.460 e. The monoisotopic (exact) mass is 497 g/mol. The van der Waals surface area contributed by atoms with Gasteiger partial charge in [0.2, 0.25) is 5.88 Å². The van der Waals surface area contributed by atoms with Crippen LogP contribution in [0.2, 0.25) is 0 Å². The van der Waals surface area contributed by atoms with Crippen LogP contribution < -0.4 is 10.5 Å². The van der Waals surface area contributed by atoms with Crippen molar-refractivity contribution in [3.63, 3.8) is 0 Å². The first-order chi connectivity index (χ1) is 16.8. The van der Waals surface area contributed by atoms with E-state index >= 15 is 4.39 Å². The van der Waals surface area contributed by atoms with Gasteiger partial charge in [0.15, 0.2) is 11.3 Å². The van der Waals surface area contributed by atoms with Gasteiger partial charge in [0.25, 0.3) is 0 Å². The molecule has 0 radical (unpaired) electrons. The van der Waals surface area contributed by atoms with E-state index in [1.54, 1.807) is 31.3 Å². The van der Waals surface area contributed by atoms with E-state index < -0.39 is 41.5 Å². The Labute approximate surface area is 204 Å². The molecule has 35 heavy (non-hydrogen) atoms. The number of rotatable bonds is 7. The molecule has 2 aliphatic rings. The van der Waals surface area contributed by atoms with Crippen LogP contribution in [0.3, 0.4) is 0 Å². The average molecular weight is 498 g/mol. The van der Waals surface area contributed by atoms with E-state index in [0.29, 0.717) is 34.6 Å². The quantitative estimate of drug-likeness (QED) is 0.495. The standard InChI is InChI=1S/C25H22F3N5OS/c1-3-14(2)34-21-11-31-22-18(32-21)6-7-30-19(22)9-15-4-5-17(28)16(8-15)25(13-27)20-10-24(20,12-26)35-23(29)33-25/h1,4-8,11,14,20H,9-10,12-13H2,2H3,(H2,29,33)/t14-,20+,24+,25+/m0/s1. The number of pyridine rings is 1. The Balaban J connectivity index is 1.51. The number of hydrogen-bond acceptors (Lipinski definition) is 7. The summed E-state index contributed by atoms with van der Waals surface area (Å²) in [7, 11) is 0. The van der Waals surface area contributed by atoms with Crippen molar-refractivity contribution in [2.45, 2.75) is 36.2 Å². The maximum Gasteiger partial charge on any atom is 0.234 e. The topological polar surface area (TPSA) is 86.3 Å². The lowest BCUT2D eigenvalue weighted by atomic mass is 9.83. The number of aromatic nitrogens is 3. The lowest BCUT2D eigenvalue weighted by molar-refractivity contribution is 0.257. The summed E-state index contributed by atoms with van der Waals surface area (Å²) in [5, 5.41) is 0.0713. The summed E-state index contributed by atoms with van der Waals surface area (Å²) >= 11 is 1.11. The Morgan fingerprint density at radius 2 is 2.11 bits per heavy atom. The summed E-state index contributed by atoms with van der Waals surface area (Å²) in [4.78, 5) is 17.6. The van der Waals surface area contributed by atoms with Gasteiger partial charge in [-0.3, -0.25) is 4.98 Å². The van der Waals surface area contributed by atoms with Gasteiger partial charge in [-0.15, -0.1) is 6.42 Å². The predicted molar refractivity (Wildman–Crippen MR) is 129 cm³/mol. The third kappa shape index (κ3) is 3.97. The van der Waals surface area contributed by atoms with Crippen LogP contribution in [-0.4, -0.2) is 44.3 Å². The Morgan fingerprint density at radius 1 is 1.29 bits per heavy atom. The van der Waals surface area contributed by atoms with Crippen molar-refractivity contribution >= 4 is 28.0 Å². The Kier molecular flexibility index (Phi) is 5.83. The lowest BCUT2D eigenvalue weighted by Gasteiger charge is -2.34. The molecule has 2 aromatic heterocycles. The van der Waals surface area contributed by atoms with Gasteiger partial charge < -0.3 is 10.5 Å². The Bertz CT molecular complexity index is 1380. The summed E-state index contributed by atoms with van der Waals surface area (Å²) in [6, 6.07) is 6.15. The third-order valence-electron chi connectivity index (χ3n) is 6.56. The van der Waals surface area contributed by atoms with Crippen molar-refractivity contribution < 1.29 is 17.9 Å². The van der Waals surface area contributed by atoms with E-state index in [0.717, 1.165) is 11.8 Å². The molecule has 0 spiro atoms. The molecule has 0 saturated heterocycles. The van der Waals surface area contributed by atoms with E-state index in [2.05, 4.69) is 25.9 Å². The van der Waals surface area contributed by atoms with Crippen molar-refractivity contribution in [2.75, 3.05) is 13.3 Å². The number of terminal acetylenes is 1. The summed E-state index contributed by atoms with van der Waals surface area (Å²) in [6.45, 7) is 0.0754. The van der Waals surface area contributed by atoms with E-state index in [1.807, 2.05) is 0 Å². The third-order valence-corrected chi connectivity index (χ3v) is 7.83. The molecule has 6 nitrogen and oxygen atoms in total. The van der Waals surface area contributed by atoms with Crippen LogP contribution in [0.4, 0.5) is 13.2 Å². The first kappa shape index (κ1) is 23.4. The maximum atomic E-state index is 15.1. The van der Waals surface area contributed by atoms with E-state index in [1.165, 1.54) is 12.3 Å². The highest BCUT2D eigenvalue weighted by Gasteiger charge is 2.68. The van der Waals surface area contributed by atoms with Gasteiger partial charge >= 0.3 is 0 Å². The van der Waals surface area contributed by atoms with E-state index in [-0.39, 0.29) is 17.2 Å². The number of nitrogens with two attached hydrogens (primary N) is 1. The fourth-order valence-electron chi connectivity index (χ4n) is 4.72. The second-order valence-electron chi connectivity index (χ2n) is 8.82. The van der Waals surface area contributed by atoms with Gasteiger partial charge in [-0.05, 0) is 37.1 Å². The maximum absolute atomic E-state index is 15.1. The Hall–Kier alpha value is -3.32. The average Bonchev–Trinajstić information content (AvgIpc) is 3.60. The van der Waals surface area contributed by atoms with Crippen LogP contribution in [0.5, 0.6) is 5.88 Å². The molecule has 0 amide bonds. The zero-order valence-electron chi connectivity index (χ0n) is 18.8. The highest BCUT2D eigenvalue weighted by atomic mass is 32.2. The second-order valence-corrected chi connectivity index (χ2v) is 10.3. The molecule has 1 fully saturated rings. The molecule has 0 bridgehead atoms. The molecule has 5 rings (SSSR count). The number of fused-ring (bicyclic) bond motifs is 2. The van der Waals surface area contributed by atoms with Crippen molar-refractivity contribution in [3.8, 4) is 18.2 Å². The highest BCUT2D eigenvalue weighted by Crippen LogP contribution is 2.66. The number of hydrogen-bond donors (Lipinski definition) is 1. The van der Waals surface area contributed by atoms with E-state index in [9.17, 15) is 8.78 Å². The first-order valence-electron chi connectivity index (χ1n) is 11.0. The number of halogens is 3. The van der Waals surface area contributed by atoms with Crippen LogP contribution >= 0.6 is 11.8 Å². The zero-order valence-corrected chi connectivity index (χ0v) is 19.7. The number of aliphatic imine (C=N–C) groups is 1. The summed E-state index contributed by atoms with van der Waals surface area (Å²) in [5.41, 5.74) is 6.85. The minimum Gasteiger partial charge on any atom is -0.460 e. The molecular formula is C25H22F3N5OS. The smallest absolute Gasteiger partial charge is 0.234 e. The van der Waals surface area contributed by atoms with Gasteiger partial charge in [0, 0.05) is 24.1 Å². The zero-order chi connectivity index (χ0) is 24.8. The summed E-state index contributed by atoms with van der Waals surface area (Å²) < 4.78 is 48.1. The minimum atomic E-state index is -1.55. The lowest BCUT2D eigenvalue weighted by Crippen LogP contribution is -2.40. The first-order valence-corrected chi connectivity index (χ1v) is 11.8. The van der Waals surface area contributed by atoms with Gasteiger partial charge in [-0.2, -0.15) is 0 Å². The van der Waals surface area contributed by atoms with Crippen LogP contribution in [0, 0.1) is 24.1 Å². The normalized spacial score (nSPS) is 25.9. The molecule has 4 atom stereocenters. The molecule has 10 heteroatoms. The van der Waals surface area contributed by atoms with Gasteiger partial charge in [0.05, 0.1) is 22.2 Å². The minimum absolute atomic E-state index is 0.0713. The fourth-order valence-corrected chi connectivity index (χ4v) is 5.99. The number of alkyl halides is 2. The molecule has 1 aliphatic carbocycles. The van der Waals surface area contributed by atoms with Crippen molar-refractivity contribution in [3.05, 3.63) is 59.3 Å². The molecule has 3 aromatic rings. The molecule has 3 heterocycles. The predicted octanol–water partition coefficient (Wildman–Crippen LogP) is 4.11. The Morgan fingerprint density at radius 3 is 2.86 bits per heavy atom. The summed E-state index contributed by atoms with van der Waals surface area (Å²) in [5.74, 6) is 1.68. The number of nitrogens with zero attached hydrogens (tertiary/aromatic N) is 4. The van der Waals surface area contributed by atoms with Gasteiger partial charge in [-0.1, -0.05) is 23.7 Å². The van der Waals surface area contributed by atoms with Gasteiger partial charge in [0.1, 0.15) is 30.2 Å². The molecule has 1 aliphatic heterocycles. The van der Waals surface area contributed by atoms with Crippen LogP contribution in [-0.2, 0) is 12.0 Å². The molecule has 2 N–H and O–H groups in total. The van der Waals surface area contributed by atoms with Crippen LogP contribution in [0.25, 0.3) is 11.0 Å². The van der Waals surface area contributed by atoms with Crippen molar-refractivity contribution in [2.24, 2.45) is 16.6 Å². The highest BCUT2D eigenvalue weighted by molar-refractivity contribution is 8.15. The number of benzene rings is 1. The molecular weight excluding hydrogens is 475 g/mol. The molecule has 180 valence electrons. The molecule has 1 saturated carbocycles. The van der Waals surface area contributed by atoms with Crippen LogP contribution in [0.1, 0.15) is 30.2 Å². The molecule has 0 unspecified atom stereocenters. The number of thioether (sulfide) groups is 1. The SMILES string of the molecule is C#C[C@H](C)Oc1cnc2c(Cc3ccc(F)c([C@@]4(CF)N=C(N)S[C@@]5(CF)C[C@H]54)c3)nccc2n1. The van der Waals surface area contributed by atoms with Crippen LogP contribution in [0.15, 0.2) is 41.7 Å². The molecule has 1 aromatic carbocycles. The number of ether oxygens (including phenoxy) is 1. The van der Waals surface area contributed by atoms with E-state index in [4.69, 9.17) is 16.9 Å². The van der Waals surface area contributed by atoms with Crippen molar-refractivity contribution in [1.29, 1.82) is 0 Å². The fraction of sp³-hybridized carbons (Fsp3) is 0.360. The second kappa shape index (κ2) is 8.72. The summed E-state index contributed by atoms with van der Waals surface area (Å²) in [6.07, 6.45) is 8.63. The number of amidine groups is 1.